The average Bonchev–Trinajstić information content (AvgIpc) is 2.86. The molecule has 2 aliphatic carbocycles. The van der Waals surface area contributed by atoms with Crippen LogP contribution in [0.1, 0.15) is 45.6 Å². The zero-order valence-corrected chi connectivity index (χ0v) is 13.4. The van der Waals surface area contributed by atoms with E-state index in [9.17, 15) is 0 Å². The zero-order chi connectivity index (χ0) is 14.5. The van der Waals surface area contributed by atoms with E-state index in [0.717, 1.165) is 11.5 Å². The van der Waals surface area contributed by atoms with E-state index in [1.165, 1.54) is 24.9 Å². The summed E-state index contributed by atoms with van der Waals surface area (Å²) < 4.78 is 0. The Morgan fingerprint density at radius 3 is 2.40 bits per heavy atom. The molecule has 2 nitrogen and oxygen atoms in total. The fraction of sp³-hybridized carbons (Fsp3) is 0.588. The van der Waals surface area contributed by atoms with Gasteiger partial charge in [-0.25, -0.2) is 0 Å². The Labute approximate surface area is 127 Å². The van der Waals surface area contributed by atoms with Gasteiger partial charge in [0.2, 0.25) is 0 Å². The van der Waals surface area contributed by atoms with E-state index in [1.807, 2.05) is 12.1 Å². The number of thiocarbonyl (C=S) groups is 1. The molecule has 0 aliphatic heterocycles. The molecule has 2 fully saturated rings. The van der Waals surface area contributed by atoms with Gasteiger partial charge in [0.15, 0.2) is 0 Å². The Bertz CT molecular complexity index is 530. The van der Waals surface area contributed by atoms with Crippen molar-refractivity contribution in [2.45, 2.75) is 46.1 Å². The lowest BCUT2D eigenvalue weighted by atomic mass is 9.68. The van der Waals surface area contributed by atoms with Crippen molar-refractivity contribution in [1.29, 1.82) is 0 Å². The van der Waals surface area contributed by atoms with Crippen molar-refractivity contribution >= 4 is 22.9 Å². The van der Waals surface area contributed by atoms with E-state index < -0.39 is 0 Å². The Balaban J connectivity index is 1.82. The Morgan fingerprint density at radius 2 is 1.90 bits per heavy atom. The smallest absolute Gasteiger partial charge is 0.103 e. The van der Waals surface area contributed by atoms with Gasteiger partial charge in [0, 0.05) is 17.3 Å². The first-order valence-corrected chi connectivity index (χ1v) is 7.90. The average molecular weight is 288 g/mol. The minimum atomic E-state index is 0.370. The maximum absolute atomic E-state index is 5.65. The normalized spacial score (nSPS) is 34.1. The van der Waals surface area contributed by atoms with Crippen LogP contribution in [0.2, 0.25) is 0 Å². The van der Waals surface area contributed by atoms with Gasteiger partial charge in [0.05, 0.1) is 0 Å². The summed E-state index contributed by atoms with van der Waals surface area (Å²) in [5.74, 6) is 0.862. The van der Waals surface area contributed by atoms with Gasteiger partial charge in [-0.2, -0.15) is 0 Å². The Kier molecular flexibility index (Phi) is 3.09. The highest BCUT2D eigenvalue weighted by molar-refractivity contribution is 7.80. The first-order chi connectivity index (χ1) is 9.33. The van der Waals surface area contributed by atoms with Crippen LogP contribution >= 0.6 is 12.2 Å². The fourth-order valence-corrected chi connectivity index (χ4v) is 4.70. The second-order valence-electron chi connectivity index (χ2n) is 7.43. The fourth-order valence-electron chi connectivity index (χ4n) is 4.56. The third-order valence-corrected chi connectivity index (χ3v) is 5.99. The van der Waals surface area contributed by atoms with Crippen molar-refractivity contribution in [3.8, 4) is 0 Å². The first-order valence-electron chi connectivity index (χ1n) is 7.49. The molecule has 3 atom stereocenters. The van der Waals surface area contributed by atoms with Crippen LogP contribution in [-0.4, -0.2) is 11.0 Å². The molecule has 2 saturated carbocycles. The zero-order valence-electron chi connectivity index (χ0n) is 12.6. The van der Waals surface area contributed by atoms with Gasteiger partial charge in [0.1, 0.15) is 4.99 Å². The van der Waals surface area contributed by atoms with E-state index in [2.05, 4.69) is 38.2 Å². The minimum Gasteiger partial charge on any atom is -0.389 e. The van der Waals surface area contributed by atoms with Gasteiger partial charge in [-0.1, -0.05) is 33.0 Å². The van der Waals surface area contributed by atoms with Crippen molar-refractivity contribution < 1.29 is 0 Å². The third-order valence-electron chi connectivity index (χ3n) is 5.75. The monoisotopic (exact) mass is 288 g/mol. The highest BCUT2D eigenvalue weighted by atomic mass is 32.1. The molecule has 0 heterocycles. The number of anilines is 1. The number of fused-ring (bicyclic) bond motifs is 2. The van der Waals surface area contributed by atoms with E-state index >= 15 is 0 Å². The highest BCUT2D eigenvalue weighted by Gasteiger charge is 2.59. The van der Waals surface area contributed by atoms with Crippen molar-refractivity contribution in [3.05, 3.63) is 29.8 Å². The molecule has 1 aromatic carbocycles. The van der Waals surface area contributed by atoms with E-state index in [-0.39, 0.29) is 0 Å². The lowest BCUT2D eigenvalue weighted by Crippen LogP contribution is -2.45. The van der Waals surface area contributed by atoms with Crippen LogP contribution in [-0.2, 0) is 0 Å². The van der Waals surface area contributed by atoms with E-state index in [4.69, 9.17) is 18.0 Å². The van der Waals surface area contributed by atoms with Crippen LogP contribution < -0.4 is 11.1 Å². The molecule has 0 saturated heterocycles. The van der Waals surface area contributed by atoms with E-state index in [0.29, 0.717) is 21.9 Å². The Morgan fingerprint density at radius 1 is 1.25 bits per heavy atom. The van der Waals surface area contributed by atoms with Crippen LogP contribution in [0.3, 0.4) is 0 Å². The molecule has 0 aromatic heterocycles. The molecular formula is C17H24N2S. The molecule has 2 aliphatic rings. The molecular weight excluding hydrogens is 264 g/mol. The molecule has 2 bridgehead atoms. The second-order valence-corrected chi connectivity index (χ2v) is 7.87. The van der Waals surface area contributed by atoms with Gasteiger partial charge >= 0.3 is 0 Å². The lowest BCUT2D eigenvalue weighted by molar-refractivity contribution is 0.155. The van der Waals surface area contributed by atoms with E-state index in [1.54, 1.807) is 0 Å². The molecule has 1 aromatic rings. The molecule has 20 heavy (non-hydrogen) atoms. The van der Waals surface area contributed by atoms with Crippen LogP contribution in [0.15, 0.2) is 24.3 Å². The summed E-state index contributed by atoms with van der Waals surface area (Å²) >= 11 is 5.00. The summed E-state index contributed by atoms with van der Waals surface area (Å²) in [7, 11) is 0. The van der Waals surface area contributed by atoms with Gasteiger partial charge in [0.25, 0.3) is 0 Å². The summed E-state index contributed by atoms with van der Waals surface area (Å²) in [6.45, 7) is 7.29. The lowest BCUT2D eigenvalue weighted by Gasteiger charge is -2.43. The predicted octanol–water partition coefficient (Wildman–Crippen LogP) is 3.95. The number of rotatable bonds is 3. The van der Waals surface area contributed by atoms with Crippen molar-refractivity contribution in [2.75, 3.05) is 5.32 Å². The molecule has 3 heteroatoms. The predicted molar refractivity (Wildman–Crippen MR) is 89.0 cm³/mol. The van der Waals surface area contributed by atoms with Crippen molar-refractivity contribution in [2.24, 2.45) is 22.5 Å². The number of hydrogen-bond acceptors (Lipinski definition) is 2. The molecule has 0 radical (unpaired) electrons. The highest BCUT2D eigenvalue weighted by Crippen LogP contribution is 2.63. The van der Waals surface area contributed by atoms with Gasteiger partial charge in [-0.05, 0) is 60.3 Å². The van der Waals surface area contributed by atoms with Gasteiger partial charge in [-0.3, -0.25) is 0 Å². The van der Waals surface area contributed by atoms with Crippen LogP contribution in [0.5, 0.6) is 0 Å². The molecule has 108 valence electrons. The minimum absolute atomic E-state index is 0.370. The first kappa shape index (κ1) is 13.9. The standard InChI is InChI=1S/C17H24N2S/c1-16(2)12-8-9-17(3,10-12)15(16)19-13-6-4-11(5-7-13)14(18)20/h4-7,12,15,19H,8-10H2,1-3H3,(H2,18,20). The summed E-state index contributed by atoms with van der Waals surface area (Å²) in [5.41, 5.74) is 8.57. The summed E-state index contributed by atoms with van der Waals surface area (Å²) in [6.07, 6.45) is 4.11. The molecule has 0 spiro atoms. The molecule has 3 unspecified atom stereocenters. The van der Waals surface area contributed by atoms with Gasteiger partial charge in [-0.15, -0.1) is 0 Å². The van der Waals surface area contributed by atoms with Crippen molar-refractivity contribution in [3.63, 3.8) is 0 Å². The SMILES string of the molecule is CC12CCC(C1)C(C)(C)C2Nc1ccc(C(N)=S)cc1. The van der Waals surface area contributed by atoms with Crippen LogP contribution in [0, 0.1) is 16.7 Å². The second kappa shape index (κ2) is 4.45. The third kappa shape index (κ3) is 2.03. The van der Waals surface area contributed by atoms with Crippen molar-refractivity contribution in [1.82, 2.24) is 0 Å². The number of nitrogens with one attached hydrogen (secondary N) is 1. The molecule has 3 rings (SSSR count). The van der Waals surface area contributed by atoms with Crippen LogP contribution in [0.4, 0.5) is 5.69 Å². The van der Waals surface area contributed by atoms with Crippen LogP contribution in [0.25, 0.3) is 0 Å². The quantitative estimate of drug-likeness (QED) is 0.827. The number of hydrogen-bond donors (Lipinski definition) is 2. The summed E-state index contributed by atoms with van der Waals surface area (Å²) in [5, 5.41) is 3.79. The van der Waals surface area contributed by atoms with Gasteiger partial charge < -0.3 is 11.1 Å². The number of nitrogens with two attached hydrogens (primary N) is 1. The topological polar surface area (TPSA) is 38.0 Å². The maximum Gasteiger partial charge on any atom is 0.103 e. The number of benzene rings is 1. The largest absolute Gasteiger partial charge is 0.389 e. The molecule has 3 N–H and O–H groups in total. The maximum atomic E-state index is 5.65. The Hall–Kier alpha value is -1.09. The summed E-state index contributed by atoms with van der Waals surface area (Å²) in [6, 6.07) is 8.75. The molecule has 0 amide bonds. The summed E-state index contributed by atoms with van der Waals surface area (Å²) in [4.78, 5) is 0.462.